The third-order valence-electron chi connectivity index (χ3n) is 5.35. The lowest BCUT2D eigenvalue weighted by atomic mass is 9.96. The molecule has 0 bridgehead atoms. The van der Waals surface area contributed by atoms with Crippen molar-refractivity contribution in [1.82, 2.24) is 14.9 Å². The highest BCUT2D eigenvalue weighted by atomic mass is 32.2. The molecule has 6 nitrogen and oxygen atoms in total. The maximum Gasteiger partial charge on any atom is 0.160 e. The molecule has 1 aromatic heterocycles. The molecule has 156 valence electrons. The Labute approximate surface area is 177 Å². The zero-order chi connectivity index (χ0) is 20.3. The number of methoxy groups -OCH3 is 1. The summed E-state index contributed by atoms with van der Waals surface area (Å²) >= 11 is 1.81. The minimum atomic E-state index is -0.200. The second kappa shape index (κ2) is 9.00. The van der Waals surface area contributed by atoms with Gasteiger partial charge in [0, 0.05) is 42.9 Å². The first-order valence-corrected chi connectivity index (χ1v) is 11.1. The van der Waals surface area contributed by atoms with Crippen molar-refractivity contribution in [3.8, 4) is 17.1 Å². The molecule has 0 atom stereocenters. The van der Waals surface area contributed by atoms with Crippen LogP contribution in [-0.2, 0) is 22.5 Å². The SMILES string of the molecule is COc1ccc(-c2nc3c(c(SCCN4CCOCC4)n2)COC(C)(C)C3)cc1. The summed E-state index contributed by atoms with van der Waals surface area (Å²) in [6, 6.07) is 7.95. The summed E-state index contributed by atoms with van der Waals surface area (Å²) < 4.78 is 16.8. The van der Waals surface area contributed by atoms with Crippen molar-refractivity contribution in [2.75, 3.05) is 45.7 Å². The van der Waals surface area contributed by atoms with E-state index in [9.17, 15) is 0 Å². The average molecular weight is 416 g/mol. The van der Waals surface area contributed by atoms with Crippen LogP contribution in [-0.4, -0.2) is 66.2 Å². The van der Waals surface area contributed by atoms with Crippen molar-refractivity contribution in [3.63, 3.8) is 0 Å². The molecule has 0 aliphatic carbocycles. The number of nitrogens with zero attached hydrogens (tertiary/aromatic N) is 3. The molecule has 1 aromatic carbocycles. The lowest BCUT2D eigenvalue weighted by Crippen LogP contribution is -2.37. The van der Waals surface area contributed by atoms with Crippen LogP contribution in [0.15, 0.2) is 29.3 Å². The van der Waals surface area contributed by atoms with E-state index >= 15 is 0 Å². The lowest BCUT2D eigenvalue weighted by Gasteiger charge is -2.32. The maximum atomic E-state index is 6.07. The Bertz CT molecular complexity index is 836. The predicted octanol–water partition coefficient (Wildman–Crippen LogP) is 3.43. The third kappa shape index (κ3) is 5.09. The summed E-state index contributed by atoms with van der Waals surface area (Å²) in [6.07, 6.45) is 0.797. The molecule has 0 unspecified atom stereocenters. The van der Waals surface area contributed by atoms with Crippen LogP contribution in [0.2, 0.25) is 0 Å². The van der Waals surface area contributed by atoms with Crippen molar-refractivity contribution in [2.24, 2.45) is 0 Å². The second-order valence-electron chi connectivity index (χ2n) is 8.03. The Balaban J connectivity index is 1.57. The number of hydrogen-bond donors (Lipinski definition) is 0. The normalized spacial score (nSPS) is 19.0. The average Bonchev–Trinajstić information content (AvgIpc) is 2.73. The van der Waals surface area contributed by atoms with E-state index in [1.807, 2.05) is 36.0 Å². The molecule has 2 aromatic rings. The van der Waals surface area contributed by atoms with E-state index < -0.39 is 0 Å². The molecule has 2 aliphatic heterocycles. The number of rotatable bonds is 6. The van der Waals surface area contributed by atoms with Gasteiger partial charge < -0.3 is 14.2 Å². The van der Waals surface area contributed by atoms with Crippen LogP contribution in [0.25, 0.3) is 11.4 Å². The molecule has 29 heavy (non-hydrogen) atoms. The van der Waals surface area contributed by atoms with Crippen molar-refractivity contribution in [1.29, 1.82) is 0 Å². The molecule has 4 rings (SSSR count). The van der Waals surface area contributed by atoms with Gasteiger partial charge in [0.2, 0.25) is 0 Å². The van der Waals surface area contributed by atoms with Gasteiger partial charge in [0.25, 0.3) is 0 Å². The number of fused-ring (bicyclic) bond motifs is 1. The van der Waals surface area contributed by atoms with Crippen molar-refractivity contribution < 1.29 is 14.2 Å². The largest absolute Gasteiger partial charge is 0.497 e. The first-order valence-electron chi connectivity index (χ1n) is 10.2. The molecule has 7 heteroatoms. The summed E-state index contributed by atoms with van der Waals surface area (Å²) in [4.78, 5) is 12.3. The van der Waals surface area contributed by atoms with E-state index in [1.165, 1.54) is 0 Å². The molecule has 0 saturated carbocycles. The maximum absolute atomic E-state index is 6.07. The minimum absolute atomic E-state index is 0.200. The van der Waals surface area contributed by atoms with Gasteiger partial charge in [-0.1, -0.05) is 0 Å². The van der Waals surface area contributed by atoms with Gasteiger partial charge in [-0.15, -0.1) is 11.8 Å². The number of morpholine rings is 1. The van der Waals surface area contributed by atoms with E-state index in [0.29, 0.717) is 6.61 Å². The van der Waals surface area contributed by atoms with E-state index in [4.69, 9.17) is 24.2 Å². The monoisotopic (exact) mass is 415 g/mol. The van der Waals surface area contributed by atoms with Gasteiger partial charge in [-0.3, -0.25) is 4.90 Å². The van der Waals surface area contributed by atoms with Crippen LogP contribution in [0.4, 0.5) is 0 Å². The summed E-state index contributed by atoms with van der Waals surface area (Å²) in [7, 11) is 1.68. The van der Waals surface area contributed by atoms with E-state index in [1.54, 1.807) is 7.11 Å². The molecule has 1 fully saturated rings. The molecule has 2 aliphatic rings. The van der Waals surface area contributed by atoms with Gasteiger partial charge in [0.05, 0.1) is 38.2 Å². The number of benzene rings is 1. The Morgan fingerprint density at radius 2 is 1.90 bits per heavy atom. The highest BCUT2D eigenvalue weighted by molar-refractivity contribution is 7.99. The fourth-order valence-electron chi connectivity index (χ4n) is 3.61. The van der Waals surface area contributed by atoms with Gasteiger partial charge in [-0.2, -0.15) is 0 Å². The smallest absolute Gasteiger partial charge is 0.160 e. The third-order valence-corrected chi connectivity index (χ3v) is 6.35. The molecule has 0 amide bonds. The summed E-state index contributed by atoms with van der Waals surface area (Å²) in [6.45, 7) is 9.54. The molecular weight excluding hydrogens is 386 g/mol. The predicted molar refractivity (Wildman–Crippen MR) is 115 cm³/mol. The highest BCUT2D eigenvalue weighted by Crippen LogP contribution is 2.34. The van der Waals surface area contributed by atoms with Crippen molar-refractivity contribution >= 4 is 11.8 Å². The van der Waals surface area contributed by atoms with Gasteiger partial charge in [0.15, 0.2) is 5.82 Å². The van der Waals surface area contributed by atoms with Gasteiger partial charge in [-0.25, -0.2) is 9.97 Å². The lowest BCUT2D eigenvalue weighted by molar-refractivity contribution is -0.0428. The van der Waals surface area contributed by atoms with Crippen molar-refractivity contribution in [3.05, 3.63) is 35.5 Å². The summed E-state index contributed by atoms with van der Waals surface area (Å²) in [5.74, 6) is 2.61. The number of ether oxygens (including phenoxy) is 3. The number of hydrogen-bond acceptors (Lipinski definition) is 7. The van der Waals surface area contributed by atoms with Crippen LogP contribution in [0.5, 0.6) is 5.75 Å². The van der Waals surface area contributed by atoms with Gasteiger partial charge >= 0.3 is 0 Å². The van der Waals surface area contributed by atoms with E-state index in [-0.39, 0.29) is 5.60 Å². The molecular formula is C22H29N3O3S. The first kappa shape index (κ1) is 20.6. The van der Waals surface area contributed by atoms with E-state index in [0.717, 1.165) is 78.4 Å². The minimum Gasteiger partial charge on any atom is -0.497 e. The van der Waals surface area contributed by atoms with Crippen LogP contribution < -0.4 is 4.74 Å². The van der Waals surface area contributed by atoms with Crippen LogP contribution in [0.1, 0.15) is 25.1 Å². The van der Waals surface area contributed by atoms with E-state index in [2.05, 4.69) is 18.7 Å². The van der Waals surface area contributed by atoms with Crippen molar-refractivity contribution in [2.45, 2.75) is 37.5 Å². The standard InChI is InChI=1S/C22H29N3O3S/c1-22(2)14-19-18(15-28-22)21(29-13-10-25-8-11-27-12-9-25)24-20(23-19)16-4-6-17(26-3)7-5-16/h4-7H,8-15H2,1-3H3. The topological polar surface area (TPSA) is 56.7 Å². The Morgan fingerprint density at radius 1 is 1.14 bits per heavy atom. The Morgan fingerprint density at radius 3 is 2.62 bits per heavy atom. The Kier molecular flexibility index (Phi) is 6.39. The molecule has 1 saturated heterocycles. The zero-order valence-corrected chi connectivity index (χ0v) is 18.3. The first-order chi connectivity index (χ1) is 14.0. The fourth-order valence-corrected chi connectivity index (χ4v) is 4.65. The summed E-state index contributed by atoms with van der Waals surface area (Å²) in [5.41, 5.74) is 3.06. The zero-order valence-electron chi connectivity index (χ0n) is 17.4. The molecule has 0 N–H and O–H groups in total. The molecule has 0 radical (unpaired) electrons. The fraction of sp³-hybridized carbons (Fsp3) is 0.545. The Hall–Kier alpha value is -1.67. The van der Waals surface area contributed by atoms with Gasteiger partial charge in [-0.05, 0) is 38.1 Å². The van der Waals surface area contributed by atoms with Crippen LogP contribution in [0.3, 0.4) is 0 Å². The molecule has 3 heterocycles. The quantitative estimate of drug-likeness (QED) is 0.529. The second-order valence-corrected chi connectivity index (χ2v) is 9.12. The van der Waals surface area contributed by atoms with Gasteiger partial charge in [0.1, 0.15) is 10.8 Å². The van der Waals surface area contributed by atoms with Crippen LogP contribution >= 0.6 is 11.8 Å². The van der Waals surface area contributed by atoms with Crippen LogP contribution in [0, 0.1) is 0 Å². The highest BCUT2D eigenvalue weighted by Gasteiger charge is 2.30. The summed E-state index contributed by atoms with van der Waals surface area (Å²) in [5, 5.41) is 1.05. The molecule has 0 spiro atoms. The number of thioether (sulfide) groups is 1. The number of aromatic nitrogens is 2.